The van der Waals surface area contributed by atoms with Gasteiger partial charge in [-0.25, -0.2) is 0 Å². The number of amides is 1. The smallest absolute Gasteiger partial charge is 0.221 e. The van der Waals surface area contributed by atoms with E-state index in [9.17, 15) is 4.79 Å². The summed E-state index contributed by atoms with van der Waals surface area (Å²) in [5, 5.41) is 6.22. The largest absolute Gasteiger partial charge is 0.326 e. The molecule has 0 bridgehead atoms. The van der Waals surface area contributed by atoms with Gasteiger partial charge in [-0.3, -0.25) is 9.69 Å². The number of hydrogen-bond acceptors (Lipinski definition) is 3. The number of rotatable bonds is 4. The molecular weight excluding hydrogens is 250 g/mol. The summed E-state index contributed by atoms with van der Waals surface area (Å²) < 4.78 is 0. The first kappa shape index (κ1) is 15.0. The van der Waals surface area contributed by atoms with Gasteiger partial charge in [-0.15, -0.1) is 0 Å². The average Bonchev–Trinajstić information content (AvgIpc) is 2.43. The molecule has 4 heteroatoms. The molecule has 1 aliphatic heterocycles. The van der Waals surface area contributed by atoms with E-state index < -0.39 is 0 Å². The van der Waals surface area contributed by atoms with E-state index >= 15 is 0 Å². The topological polar surface area (TPSA) is 44.4 Å². The van der Waals surface area contributed by atoms with Gasteiger partial charge in [0.1, 0.15) is 0 Å². The van der Waals surface area contributed by atoms with Gasteiger partial charge in [0.2, 0.25) is 5.91 Å². The first-order valence-electron chi connectivity index (χ1n) is 7.28. The van der Waals surface area contributed by atoms with Crippen LogP contribution in [0, 0.1) is 0 Å². The highest BCUT2D eigenvalue weighted by Crippen LogP contribution is 2.22. The van der Waals surface area contributed by atoms with Crippen LogP contribution in [0.3, 0.4) is 0 Å². The molecule has 0 radical (unpaired) electrons. The van der Waals surface area contributed by atoms with Crippen molar-refractivity contribution in [2.24, 2.45) is 0 Å². The number of benzene rings is 1. The molecule has 0 saturated carbocycles. The third kappa shape index (κ3) is 4.05. The molecule has 1 aromatic rings. The summed E-state index contributed by atoms with van der Waals surface area (Å²) >= 11 is 0. The maximum absolute atomic E-state index is 11.0. The van der Waals surface area contributed by atoms with Gasteiger partial charge in [0.15, 0.2) is 0 Å². The lowest BCUT2D eigenvalue weighted by atomic mass is 9.90. The Kier molecular flexibility index (Phi) is 4.78. The van der Waals surface area contributed by atoms with Crippen LogP contribution in [0.15, 0.2) is 24.3 Å². The molecular formula is C16H25N3O. The first-order valence-corrected chi connectivity index (χ1v) is 7.28. The molecule has 2 N–H and O–H groups in total. The zero-order valence-electron chi connectivity index (χ0n) is 12.7. The number of piperidine rings is 1. The minimum atomic E-state index is -0.0277. The van der Waals surface area contributed by atoms with E-state index in [-0.39, 0.29) is 5.91 Å². The van der Waals surface area contributed by atoms with Crippen molar-refractivity contribution in [1.29, 1.82) is 0 Å². The van der Waals surface area contributed by atoms with Crippen LogP contribution in [0.25, 0.3) is 0 Å². The second-order valence-corrected chi connectivity index (χ2v) is 5.96. The Morgan fingerprint density at radius 3 is 2.35 bits per heavy atom. The highest BCUT2D eigenvalue weighted by molar-refractivity contribution is 5.88. The Bertz CT molecular complexity index is 447. The highest BCUT2D eigenvalue weighted by atomic mass is 16.1. The summed E-state index contributed by atoms with van der Waals surface area (Å²) in [6.07, 6.45) is 2.38. The predicted octanol–water partition coefficient (Wildman–Crippen LogP) is 2.22. The van der Waals surface area contributed by atoms with Gasteiger partial charge in [0.05, 0.1) is 0 Å². The van der Waals surface area contributed by atoms with Crippen LogP contribution in [0.4, 0.5) is 5.69 Å². The van der Waals surface area contributed by atoms with Crippen molar-refractivity contribution >= 4 is 11.6 Å². The number of nitrogens with zero attached hydrogens (tertiary/aromatic N) is 1. The van der Waals surface area contributed by atoms with Crippen molar-refractivity contribution in [3.63, 3.8) is 0 Å². The minimum absolute atomic E-state index is 0.0277. The summed E-state index contributed by atoms with van der Waals surface area (Å²) in [6, 6.07) is 8.13. The van der Waals surface area contributed by atoms with Crippen LogP contribution in [0.2, 0.25) is 0 Å². The van der Waals surface area contributed by atoms with Gasteiger partial charge in [-0.1, -0.05) is 12.1 Å². The number of carbonyl (C=O) groups excluding carboxylic acids is 1. The summed E-state index contributed by atoms with van der Waals surface area (Å²) in [5.41, 5.74) is 2.46. The minimum Gasteiger partial charge on any atom is -0.326 e. The fraction of sp³-hybridized carbons (Fsp3) is 0.562. The molecule has 1 fully saturated rings. The lowest BCUT2D eigenvalue weighted by Crippen LogP contribution is -2.49. The van der Waals surface area contributed by atoms with Crippen LogP contribution < -0.4 is 10.6 Å². The van der Waals surface area contributed by atoms with Gasteiger partial charge in [0, 0.05) is 37.8 Å². The molecule has 0 aliphatic carbocycles. The van der Waals surface area contributed by atoms with Crippen LogP contribution in [-0.4, -0.2) is 36.5 Å². The normalized spacial score (nSPS) is 18.8. The van der Waals surface area contributed by atoms with E-state index in [4.69, 9.17) is 0 Å². The van der Waals surface area contributed by atoms with Crippen LogP contribution in [0.1, 0.15) is 32.3 Å². The van der Waals surface area contributed by atoms with E-state index in [2.05, 4.69) is 41.6 Å². The van der Waals surface area contributed by atoms with Crippen molar-refractivity contribution in [3.05, 3.63) is 29.8 Å². The first-order chi connectivity index (χ1) is 9.50. The van der Waals surface area contributed by atoms with Crippen LogP contribution in [0.5, 0.6) is 0 Å². The third-order valence-corrected chi connectivity index (χ3v) is 4.24. The molecule has 0 spiro atoms. The molecule has 20 heavy (non-hydrogen) atoms. The second kappa shape index (κ2) is 6.37. The standard InChI is InChI=1S/C16H25N3O/c1-13(20)18-15-6-4-14(5-7-15)12-19-10-8-16(2,17-3)9-11-19/h4-7,17H,8-12H2,1-3H3,(H,18,20). The summed E-state index contributed by atoms with van der Waals surface area (Å²) in [4.78, 5) is 13.5. The van der Waals surface area contributed by atoms with Crippen LogP contribution in [-0.2, 0) is 11.3 Å². The van der Waals surface area contributed by atoms with Gasteiger partial charge < -0.3 is 10.6 Å². The fourth-order valence-electron chi connectivity index (χ4n) is 2.61. The molecule has 1 heterocycles. The fourth-order valence-corrected chi connectivity index (χ4v) is 2.61. The molecule has 2 rings (SSSR count). The molecule has 1 aliphatic rings. The Morgan fingerprint density at radius 2 is 1.85 bits per heavy atom. The summed E-state index contributed by atoms with van der Waals surface area (Å²) in [7, 11) is 2.05. The van der Waals surface area contributed by atoms with E-state index in [1.54, 1.807) is 0 Å². The molecule has 1 saturated heterocycles. The van der Waals surface area contributed by atoms with E-state index in [1.165, 1.54) is 25.3 Å². The van der Waals surface area contributed by atoms with Crippen molar-refractivity contribution in [2.75, 3.05) is 25.5 Å². The SMILES string of the molecule is CNC1(C)CCN(Cc2ccc(NC(C)=O)cc2)CC1. The Balaban J connectivity index is 1.87. The van der Waals surface area contributed by atoms with Crippen molar-refractivity contribution in [3.8, 4) is 0 Å². The number of hydrogen-bond donors (Lipinski definition) is 2. The number of anilines is 1. The zero-order valence-corrected chi connectivity index (χ0v) is 12.7. The van der Waals surface area contributed by atoms with Gasteiger partial charge in [-0.05, 0) is 44.5 Å². The number of likely N-dealkylation sites (tertiary alicyclic amines) is 1. The van der Waals surface area contributed by atoms with Crippen LogP contribution >= 0.6 is 0 Å². The molecule has 0 atom stereocenters. The Morgan fingerprint density at radius 1 is 1.25 bits per heavy atom. The van der Waals surface area contributed by atoms with E-state index in [0.29, 0.717) is 5.54 Å². The molecule has 0 aromatic heterocycles. The molecule has 0 unspecified atom stereocenters. The zero-order chi connectivity index (χ0) is 14.6. The Hall–Kier alpha value is -1.39. The van der Waals surface area contributed by atoms with Crippen molar-refractivity contribution in [1.82, 2.24) is 10.2 Å². The third-order valence-electron chi connectivity index (χ3n) is 4.24. The van der Waals surface area contributed by atoms with Crippen molar-refractivity contribution in [2.45, 2.75) is 38.8 Å². The predicted molar refractivity (Wildman–Crippen MR) is 82.7 cm³/mol. The highest BCUT2D eigenvalue weighted by Gasteiger charge is 2.27. The lowest BCUT2D eigenvalue weighted by Gasteiger charge is -2.39. The monoisotopic (exact) mass is 275 g/mol. The maximum atomic E-state index is 11.0. The number of nitrogens with one attached hydrogen (secondary N) is 2. The summed E-state index contributed by atoms with van der Waals surface area (Å²) in [6.45, 7) is 7.07. The molecule has 110 valence electrons. The Labute approximate surface area is 121 Å². The molecule has 1 amide bonds. The quantitative estimate of drug-likeness (QED) is 0.885. The van der Waals surface area contributed by atoms with E-state index in [0.717, 1.165) is 25.3 Å². The van der Waals surface area contributed by atoms with Gasteiger partial charge in [-0.2, -0.15) is 0 Å². The molecule has 1 aromatic carbocycles. The van der Waals surface area contributed by atoms with Gasteiger partial charge in [0.25, 0.3) is 0 Å². The average molecular weight is 275 g/mol. The second-order valence-electron chi connectivity index (χ2n) is 5.96. The maximum Gasteiger partial charge on any atom is 0.221 e. The van der Waals surface area contributed by atoms with E-state index in [1.807, 2.05) is 12.1 Å². The summed E-state index contributed by atoms with van der Waals surface area (Å²) in [5.74, 6) is -0.0277. The molecule has 4 nitrogen and oxygen atoms in total. The van der Waals surface area contributed by atoms with Gasteiger partial charge >= 0.3 is 0 Å². The lowest BCUT2D eigenvalue weighted by molar-refractivity contribution is -0.114. The number of carbonyl (C=O) groups is 1. The van der Waals surface area contributed by atoms with Crippen molar-refractivity contribution < 1.29 is 4.79 Å².